The van der Waals surface area contributed by atoms with Crippen molar-refractivity contribution in [2.24, 2.45) is 0 Å². The lowest BCUT2D eigenvalue weighted by atomic mass is 9.94. The van der Waals surface area contributed by atoms with Crippen LogP contribution in [0.25, 0.3) is 0 Å². The first-order valence-electron chi connectivity index (χ1n) is 5.82. The molecule has 0 radical (unpaired) electrons. The zero-order valence-corrected chi connectivity index (χ0v) is 10.4. The van der Waals surface area contributed by atoms with Gasteiger partial charge in [0.05, 0.1) is 6.61 Å². The van der Waals surface area contributed by atoms with E-state index in [9.17, 15) is 0 Å². The first-order valence-corrected chi connectivity index (χ1v) is 6.19. The van der Waals surface area contributed by atoms with Gasteiger partial charge in [-0.3, -0.25) is 0 Å². The second-order valence-electron chi connectivity index (χ2n) is 4.28. The lowest BCUT2D eigenvalue weighted by molar-refractivity contribution is 0.183. The highest BCUT2D eigenvalue weighted by Gasteiger charge is 2.17. The average molecular weight is 240 g/mol. The van der Waals surface area contributed by atoms with E-state index in [0.29, 0.717) is 12.6 Å². The number of methoxy groups -OCH3 is 1. The summed E-state index contributed by atoms with van der Waals surface area (Å²) in [6.45, 7) is 1.74. The first-order chi connectivity index (χ1) is 7.81. The number of benzene rings is 1. The highest BCUT2D eigenvalue weighted by atomic mass is 35.5. The summed E-state index contributed by atoms with van der Waals surface area (Å²) in [5.74, 6) is 0. The molecular weight excluding hydrogens is 222 g/mol. The molecule has 1 aliphatic heterocycles. The van der Waals surface area contributed by atoms with E-state index in [1.165, 1.54) is 30.4 Å². The summed E-state index contributed by atoms with van der Waals surface area (Å²) in [4.78, 5) is 0. The third kappa shape index (κ3) is 2.76. The maximum atomic E-state index is 6.02. The number of piperidine rings is 1. The van der Waals surface area contributed by atoms with Crippen LogP contribution in [0, 0.1) is 0 Å². The van der Waals surface area contributed by atoms with Gasteiger partial charge in [-0.05, 0) is 42.6 Å². The molecule has 0 saturated carbocycles. The number of halogens is 1. The molecule has 1 aromatic carbocycles. The average Bonchev–Trinajstić information content (AvgIpc) is 2.31. The second kappa shape index (κ2) is 5.67. The van der Waals surface area contributed by atoms with Crippen molar-refractivity contribution in [3.63, 3.8) is 0 Å². The number of nitrogens with one attached hydrogen (secondary N) is 1. The lowest BCUT2D eigenvalue weighted by Crippen LogP contribution is -2.27. The van der Waals surface area contributed by atoms with Crippen molar-refractivity contribution in [3.8, 4) is 0 Å². The van der Waals surface area contributed by atoms with Gasteiger partial charge in [-0.15, -0.1) is 0 Å². The summed E-state index contributed by atoms with van der Waals surface area (Å²) in [6, 6.07) is 6.57. The van der Waals surface area contributed by atoms with Crippen LogP contribution in [-0.4, -0.2) is 13.7 Å². The molecule has 16 heavy (non-hydrogen) atoms. The lowest BCUT2D eigenvalue weighted by Gasteiger charge is -2.26. The van der Waals surface area contributed by atoms with Crippen molar-refractivity contribution in [1.29, 1.82) is 0 Å². The summed E-state index contributed by atoms with van der Waals surface area (Å²) in [6.07, 6.45) is 3.79. The van der Waals surface area contributed by atoms with Crippen molar-refractivity contribution in [2.45, 2.75) is 31.9 Å². The van der Waals surface area contributed by atoms with Crippen LogP contribution < -0.4 is 5.32 Å². The van der Waals surface area contributed by atoms with Gasteiger partial charge in [-0.2, -0.15) is 0 Å². The molecule has 1 atom stereocenters. The maximum Gasteiger partial charge on any atom is 0.0716 e. The first kappa shape index (κ1) is 11.9. The van der Waals surface area contributed by atoms with E-state index in [-0.39, 0.29) is 0 Å². The van der Waals surface area contributed by atoms with Gasteiger partial charge >= 0.3 is 0 Å². The van der Waals surface area contributed by atoms with E-state index in [0.717, 1.165) is 11.6 Å². The van der Waals surface area contributed by atoms with E-state index in [1.54, 1.807) is 7.11 Å². The molecule has 2 rings (SSSR count). The van der Waals surface area contributed by atoms with Gasteiger partial charge in [0, 0.05) is 18.2 Å². The Morgan fingerprint density at radius 2 is 2.31 bits per heavy atom. The Labute approximate surface area is 102 Å². The molecule has 0 bridgehead atoms. The van der Waals surface area contributed by atoms with Crippen LogP contribution in [0.15, 0.2) is 18.2 Å². The Hall–Kier alpha value is -0.570. The highest BCUT2D eigenvalue weighted by molar-refractivity contribution is 6.30. The fourth-order valence-corrected chi connectivity index (χ4v) is 2.51. The van der Waals surface area contributed by atoms with Gasteiger partial charge < -0.3 is 10.1 Å². The topological polar surface area (TPSA) is 21.3 Å². The largest absolute Gasteiger partial charge is 0.380 e. The highest BCUT2D eigenvalue weighted by Crippen LogP contribution is 2.28. The third-order valence-electron chi connectivity index (χ3n) is 3.09. The normalized spacial score (nSPS) is 21.0. The molecule has 1 fully saturated rings. The summed E-state index contributed by atoms with van der Waals surface area (Å²) in [7, 11) is 1.72. The van der Waals surface area contributed by atoms with Crippen molar-refractivity contribution >= 4 is 11.6 Å². The smallest absolute Gasteiger partial charge is 0.0716 e. The predicted molar refractivity (Wildman–Crippen MR) is 66.8 cm³/mol. The fourth-order valence-electron chi connectivity index (χ4n) is 2.31. The van der Waals surface area contributed by atoms with Crippen LogP contribution in [0.4, 0.5) is 0 Å². The summed E-state index contributed by atoms with van der Waals surface area (Å²) < 4.78 is 5.23. The van der Waals surface area contributed by atoms with Crippen LogP contribution in [0.1, 0.15) is 36.4 Å². The van der Waals surface area contributed by atoms with Gasteiger partial charge in [-0.25, -0.2) is 0 Å². The van der Waals surface area contributed by atoms with Gasteiger partial charge in [-0.1, -0.05) is 24.1 Å². The van der Waals surface area contributed by atoms with Gasteiger partial charge in [0.1, 0.15) is 0 Å². The van der Waals surface area contributed by atoms with E-state index in [4.69, 9.17) is 16.3 Å². The van der Waals surface area contributed by atoms with Crippen molar-refractivity contribution in [3.05, 3.63) is 34.3 Å². The fraction of sp³-hybridized carbons (Fsp3) is 0.538. The summed E-state index contributed by atoms with van der Waals surface area (Å²) >= 11 is 6.02. The van der Waals surface area contributed by atoms with E-state index in [1.807, 2.05) is 12.1 Å². The van der Waals surface area contributed by atoms with Crippen molar-refractivity contribution in [1.82, 2.24) is 5.32 Å². The molecular formula is C13H18ClNO. The summed E-state index contributed by atoms with van der Waals surface area (Å²) in [5.41, 5.74) is 2.54. The van der Waals surface area contributed by atoms with Gasteiger partial charge in [0.15, 0.2) is 0 Å². The third-order valence-corrected chi connectivity index (χ3v) is 3.33. The zero-order valence-electron chi connectivity index (χ0n) is 9.63. The number of hydrogen-bond donors (Lipinski definition) is 1. The SMILES string of the molecule is COCc1cc(Cl)ccc1C1CCCCN1. The molecule has 1 heterocycles. The number of rotatable bonds is 3. The van der Waals surface area contributed by atoms with E-state index >= 15 is 0 Å². The monoisotopic (exact) mass is 239 g/mol. The maximum absolute atomic E-state index is 6.02. The standard InChI is InChI=1S/C13H18ClNO/c1-16-9-10-8-11(14)5-6-12(10)13-4-2-3-7-15-13/h5-6,8,13,15H,2-4,7,9H2,1H3. The molecule has 1 unspecified atom stereocenters. The molecule has 1 aromatic rings. The Bertz CT molecular complexity index is 348. The molecule has 0 aliphatic carbocycles. The van der Waals surface area contributed by atoms with Crippen LogP contribution in [-0.2, 0) is 11.3 Å². The minimum absolute atomic E-state index is 0.469. The molecule has 2 nitrogen and oxygen atoms in total. The Kier molecular flexibility index (Phi) is 4.22. The summed E-state index contributed by atoms with van der Waals surface area (Å²) in [5, 5.41) is 4.34. The molecule has 88 valence electrons. The minimum atomic E-state index is 0.469. The molecule has 0 spiro atoms. The van der Waals surface area contributed by atoms with Crippen LogP contribution in [0.2, 0.25) is 5.02 Å². The molecule has 1 aliphatic rings. The zero-order chi connectivity index (χ0) is 11.4. The van der Waals surface area contributed by atoms with Crippen molar-refractivity contribution < 1.29 is 4.74 Å². The minimum Gasteiger partial charge on any atom is -0.380 e. The molecule has 0 aromatic heterocycles. The molecule has 3 heteroatoms. The van der Waals surface area contributed by atoms with Crippen LogP contribution >= 0.6 is 11.6 Å². The second-order valence-corrected chi connectivity index (χ2v) is 4.72. The molecule has 0 amide bonds. The van der Waals surface area contributed by atoms with Crippen LogP contribution in [0.5, 0.6) is 0 Å². The van der Waals surface area contributed by atoms with E-state index in [2.05, 4.69) is 11.4 Å². The van der Waals surface area contributed by atoms with Crippen LogP contribution in [0.3, 0.4) is 0 Å². The predicted octanol–water partition coefficient (Wildman–Crippen LogP) is 3.30. The number of ether oxygens (including phenoxy) is 1. The Morgan fingerprint density at radius 3 is 3.00 bits per heavy atom. The van der Waals surface area contributed by atoms with Gasteiger partial charge in [0.25, 0.3) is 0 Å². The number of hydrogen-bond acceptors (Lipinski definition) is 2. The molecule has 1 saturated heterocycles. The van der Waals surface area contributed by atoms with E-state index < -0.39 is 0 Å². The Morgan fingerprint density at radius 1 is 1.44 bits per heavy atom. The Balaban J connectivity index is 2.23. The van der Waals surface area contributed by atoms with Crippen molar-refractivity contribution in [2.75, 3.05) is 13.7 Å². The quantitative estimate of drug-likeness (QED) is 0.874. The molecule has 1 N–H and O–H groups in total. The van der Waals surface area contributed by atoms with Gasteiger partial charge in [0.2, 0.25) is 0 Å².